The van der Waals surface area contributed by atoms with E-state index in [9.17, 15) is 13.2 Å². The molecule has 0 unspecified atom stereocenters. The van der Waals surface area contributed by atoms with Crippen molar-refractivity contribution in [3.05, 3.63) is 65.2 Å². The van der Waals surface area contributed by atoms with Crippen LogP contribution >= 0.6 is 0 Å². The first-order chi connectivity index (χ1) is 14.8. The molecular weight excluding hydrogens is 410 g/mol. The zero-order chi connectivity index (χ0) is 22.4. The lowest BCUT2D eigenvalue weighted by molar-refractivity contribution is -0.119. The van der Waals surface area contributed by atoms with Gasteiger partial charge in [0.2, 0.25) is 15.9 Å². The van der Waals surface area contributed by atoms with Gasteiger partial charge in [-0.2, -0.15) is 0 Å². The summed E-state index contributed by atoms with van der Waals surface area (Å²) >= 11 is 0. The summed E-state index contributed by atoms with van der Waals surface area (Å²) in [6, 6.07) is 15.5. The Morgan fingerprint density at radius 3 is 2.29 bits per heavy atom. The fourth-order valence-electron chi connectivity index (χ4n) is 4.03. The molecule has 7 heteroatoms. The van der Waals surface area contributed by atoms with Crippen molar-refractivity contribution in [3.63, 3.8) is 0 Å². The highest BCUT2D eigenvalue weighted by molar-refractivity contribution is 7.92. The van der Waals surface area contributed by atoms with Crippen molar-refractivity contribution in [2.24, 2.45) is 0 Å². The van der Waals surface area contributed by atoms with Crippen LogP contribution in [0.2, 0.25) is 0 Å². The molecule has 0 radical (unpaired) electrons. The number of para-hydroxylation sites is 1. The minimum Gasteiger partial charge on any atom is -0.350 e. The second-order valence-corrected chi connectivity index (χ2v) is 10.4. The molecule has 0 spiro atoms. The molecule has 1 heterocycles. The quantitative estimate of drug-likeness (QED) is 0.644. The Hall–Kier alpha value is -2.38. The van der Waals surface area contributed by atoms with Gasteiger partial charge in [0.15, 0.2) is 0 Å². The van der Waals surface area contributed by atoms with Gasteiger partial charge in [-0.15, -0.1) is 0 Å². The summed E-state index contributed by atoms with van der Waals surface area (Å²) in [6.45, 7) is 7.26. The first-order valence-electron chi connectivity index (χ1n) is 10.9. The van der Waals surface area contributed by atoms with Gasteiger partial charge < -0.3 is 5.32 Å². The molecule has 2 aromatic rings. The van der Waals surface area contributed by atoms with Crippen LogP contribution in [0.25, 0.3) is 0 Å². The van der Waals surface area contributed by atoms with Crippen LogP contribution in [0.15, 0.2) is 48.5 Å². The number of carbonyl (C=O) groups excluding carboxylic acids is 1. The second-order valence-electron chi connectivity index (χ2n) is 8.51. The van der Waals surface area contributed by atoms with E-state index < -0.39 is 10.0 Å². The number of rotatable bonds is 9. The first-order valence-corrected chi connectivity index (χ1v) is 12.7. The summed E-state index contributed by atoms with van der Waals surface area (Å²) in [4.78, 5) is 15.2. The number of hydrogen-bond acceptors (Lipinski definition) is 4. The molecule has 0 aliphatic carbocycles. The van der Waals surface area contributed by atoms with Crippen molar-refractivity contribution >= 4 is 21.6 Å². The topological polar surface area (TPSA) is 69.7 Å². The van der Waals surface area contributed by atoms with Gasteiger partial charge in [0.05, 0.1) is 11.9 Å². The van der Waals surface area contributed by atoms with Crippen molar-refractivity contribution in [2.45, 2.75) is 45.7 Å². The second kappa shape index (κ2) is 10.3. The first kappa shape index (κ1) is 23.3. The van der Waals surface area contributed by atoms with E-state index in [1.807, 2.05) is 44.2 Å². The Labute approximate surface area is 186 Å². The van der Waals surface area contributed by atoms with Crippen LogP contribution in [0.3, 0.4) is 0 Å². The molecule has 1 aliphatic rings. The summed E-state index contributed by atoms with van der Waals surface area (Å²) in [5.41, 5.74) is 3.73. The molecule has 1 saturated heterocycles. The van der Waals surface area contributed by atoms with Crippen LogP contribution < -0.4 is 9.62 Å². The van der Waals surface area contributed by atoms with E-state index in [1.54, 1.807) is 12.1 Å². The predicted molar refractivity (Wildman–Crippen MR) is 126 cm³/mol. The Bertz CT molecular complexity index is 999. The van der Waals surface area contributed by atoms with Gasteiger partial charge in [0.25, 0.3) is 0 Å². The number of hydrogen-bond donors (Lipinski definition) is 1. The van der Waals surface area contributed by atoms with Crippen molar-refractivity contribution in [1.29, 1.82) is 0 Å². The zero-order valence-electron chi connectivity index (χ0n) is 18.7. The maximum Gasteiger partial charge on any atom is 0.241 e. The molecule has 6 nitrogen and oxygen atoms in total. The predicted octanol–water partition coefficient (Wildman–Crippen LogP) is 3.49. The molecular formula is C24H33N3O3S. The molecule has 0 bridgehead atoms. The highest BCUT2D eigenvalue weighted by atomic mass is 32.2. The van der Waals surface area contributed by atoms with Gasteiger partial charge in [-0.3, -0.25) is 14.0 Å². The Kier molecular flexibility index (Phi) is 7.73. The van der Waals surface area contributed by atoms with E-state index in [0.29, 0.717) is 12.2 Å². The Morgan fingerprint density at radius 1 is 1.03 bits per heavy atom. The monoisotopic (exact) mass is 443 g/mol. The SMILES string of the molecule is CC(C)c1ccccc1N(CC(=O)NCc1ccccc1CN1CCCC1)S(C)(=O)=O. The largest absolute Gasteiger partial charge is 0.350 e. The summed E-state index contributed by atoms with van der Waals surface area (Å²) < 4.78 is 26.2. The van der Waals surface area contributed by atoms with Gasteiger partial charge in [-0.25, -0.2) is 8.42 Å². The summed E-state index contributed by atoms with van der Waals surface area (Å²) in [7, 11) is -3.61. The van der Waals surface area contributed by atoms with Crippen molar-refractivity contribution in [3.8, 4) is 0 Å². The fourth-order valence-corrected chi connectivity index (χ4v) is 4.91. The third-order valence-corrected chi connectivity index (χ3v) is 6.83. The molecule has 0 aromatic heterocycles. The van der Waals surface area contributed by atoms with E-state index in [4.69, 9.17) is 0 Å². The summed E-state index contributed by atoms with van der Waals surface area (Å²) in [5.74, 6) is -0.180. The number of nitrogens with one attached hydrogen (secondary N) is 1. The van der Waals surface area contributed by atoms with Crippen molar-refractivity contribution < 1.29 is 13.2 Å². The normalized spacial score (nSPS) is 14.7. The molecule has 31 heavy (non-hydrogen) atoms. The average molecular weight is 444 g/mol. The Balaban J connectivity index is 1.71. The number of sulfonamides is 1. The number of likely N-dealkylation sites (tertiary alicyclic amines) is 1. The van der Waals surface area contributed by atoms with Crippen molar-refractivity contribution in [1.82, 2.24) is 10.2 Å². The minimum absolute atomic E-state index is 0.140. The summed E-state index contributed by atoms with van der Waals surface area (Å²) in [6.07, 6.45) is 3.61. The van der Waals surface area contributed by atoms with Crippen LogP contribution in [-0.4, -0.2) is 45.1 Å². The fraction of sp³-hybridized carbons (Fsp3) is 0.458. The van der Waals surface area contributed by atoms with Crippen LogP contribution in [-0.2, 0) is 27.9 Å². The van der Waals surface area contributed by atoms with Gasteiger partial charge in [0, 0.05) is 13.1 Å². The van der Waals surface area contributed by atoms with Crippen LogP contribution in [0, 0.1) is 0 Å². The highest BCUT2D eigenvalue weighted by Gasteiger charge is 2.24. The van der Waals surface area contributed by atoms with E-state index in [0.717, 1.165) is 37.0 Å². The van der Waals surface area contributed by atoms with Crippen LogP contribution in [0.5, 0.6) is 0 Å². The van der Waals surface area contributed by atoms with Gasteiger partial charge in [-0.1, -0.05) is 56.3 Å². The standard InChI is InChI=1S/C24H33N3O3S/c1-19(2)22-12-6-7-13-23(22)27(31(3,29)30)18-24(28)25-16-20-10-4-5-11-21(20)17-26-14-8-9-15-26/h4-7,10-13,19H,8-9,14-18H2,1-3H3,(H,25,28). The van der Waals surface area contributed by atoms with E-state index >= 15 is 0 Å². The molecule has 1 N–H and O–H groups in total. The number of benzene rings is 2. The molecule has 0 saturated carbocycles. The number of anilines is 1. The molecule has 1 amide bonds. The molecule has 168 valence electrons. The molecule has 3 rings (SSSR count). The van der Waals surface area contributed by atoms with E-state index in [1.165, 1.54) is 22.7 Å². The molecule has 2 aromatic carbocycles. The van der Waals surface area contributed by atoms with Crippen LogP contribution in [0.4, 0.5) is 5.69 Å². The van der Waals surface area contributed by atoms with Gasteiger partial charge in [0.1, 0.15) is 6.54 Å². The lowest BCUT2D eigenvalue weighted by atomic mass is 10.0. The number of nitrogens with zero attached hydrogens (tertiary/aromatic N) is 2. The van der Waals surface area contributed by atoms with Gasteiger partial charge >= 0.3 is 0 Å². The Morgan fingerprint density at radius 2 is 1.65 bits per heavy atom. The molecule has 1 aliphatic heterocycles. The average Bonchev–Trinajstić information content (AvgIpc) is 3.23. The lowest BCUT2D eigenvalue weighted by Gasteiger charge is -2.25. The smallest absolute Gasteiger partial charge is 0.241 e. The van der Waals surface area contributed by atoms with E-state index in [-0.39, 0.29) is 18.4 Å². The zero-order valence-corrected chi connectivity index (χ0v) is 19.5. The van der Waals surface area contributed by atoms with E-state index in [2.05, 4.69) is 16.3 Å². The highest BCUT2D eigenvalue weighted by Crippen LogP contribution is 2.28. The maximum atomic E-state index is 12.8. The third kappa shape index (κ3) is 6.31. The lowest BCUT2D eigenvalue weighted by Crippen LogP contribution is -2.40. The summed E-state index contributed by atoms with van der Waals surface area (Å²) in [5, 5.41) is 2.92. The maximum absolute atomic E-state index is 12.8. The third-order valence-electron chi connectivity index (χ3n) is 5.70. The number of carbonyl (C=O) groups is 1. The van der Waals surface area contributed by atoms with Crippen molar-refractivity contribution in [2.75, 3.05) is 30.2 Å². The number of amides is 1. The van der Waals surface area contributed by atoms with Crippen LogP contribution in [0.1, 0.15) is 49.3 Å². The van der Waals surface area contributed by atoms with Gasteiger partial charge in [-0.05, 0) is 54.6 Å². The molecule has 0 atom stereocenters. The minimum atomic E-state index is -3.61. The molecule has 1 fully saturated rings.